The van der Waals surface area contributed by atoms with Gasteiger partial charge in [-0.25, -0.2) is 0 Å². The van der Waals surface area contributed by atoms with E-state index in [1.54, 1.807) is 5.57 Å². The van der Waals surface area contributed by atoms with E-state index in [9.17, 15) is 0 Å². The summed E-state index contributed by atoms with van der Waals surface area (Å²) < 4.78 is 0. The molecule has 0 aromatic carbocycles. The van der Waals surface area contributed by atoms with Gasteiger partial charge >= 0.3 is 0 Å². The highest BCUT2D eigenvalue weighted by Crippen LogP contribution is 2.31. The Morgan fingerprint density at radius 2 is 2.00 bits per heavy atom. The van der Waals surface area contributed by atoms with Crippen molar-refractivity contribution in [2.45, 2.75) is 57.9 Å². The van der Waals surface area contributed by atoms with E-state index in [0.29, 0.717) is 6.04 Å². The van der Waals surface area contributed by atoms with Crippen molar-refractivity contribution in [1.82, 2.24) is 4.90 Å². The van der Waals surface area contributed by atoms with Gasteiger partial charge in [-0.2, -0.15) is 0 Å². The molecule has 0 aromatic rings. The lowest BCUT2D eigenvalue weighted by molar-refractivity contribution is 0.275. The molecule has 1 unspecified atom stereocenters. The molecule has 0 N–H and O–H groups in total. The summed E-state index contributed by atoms with van der Waals surface area (Å²) in [7, 11) is 2.23. The summed E-state index contributed by atoms with van der Waals surface area (Å²) in [5.74, 6) is 1.01. The molecule has 0 saturated heterocycles. The van der Waals surface area contributed by atoms with E-state index in [1.807, 2.05) is 0 Å². The maximum absolute atomic E-state index is 2.51. The first-order chi connectivity index (χ1) is 7.25. The molecule has 1 aliphatic carbocycles. The quantitative estimate of drug-likeness (QED) is 0.625. The first-order valence-corrected chi connectivity index (χ1v) is 6.65. The summed E-state index contributed by atoms with van der Waals surface area (Å²) in [6.45, 7) is 3.58. The van der Waals surface area contributed by atoms with Crippen LogP contribution >= 0.6 is 0 Å². The fourth-order valence-corrected chi connectivity index (χ4v) is 3.01. The molecule has 1 fully saturated rings. The molecule has 0 spiro atoms. The largest absolute Gasteiger partial charge is 0.300 e. The minimum Gasteiger partial charge on any atom is -0.300 e. The van der Waals surface area contributed by atoms with Gasteiger partial charge in [0.05, 0.1) is 0 Å². The third-order valence-electron chi connectivity index (χ3n) is 4.23. The zero-order valence-electron chi connectivity index (χ0n) is 10.3. The third-order valence-corrected chi connectivity index (χ3v) is 4.23. The first-order valence-electron chi connectivity index (χ1n) is 6.65. The summed E-state index contributed by atoms with van der Waals surface area (Å²) in [5.41, 5.74) is 1.74. The molecule has 0 amide bonds. The van der Waals surface area contributed by atoms with Crippen LogP contribution in [0.4, 0.5) is 0 Å². The van der Waals surface area contributed by atoms with Crippen molar-refractivity contribution in [2.75, 3.05) is 13.6 Å². The summed E-state index contributed by atoms with van der Waals surface area (Å²) >= 11 is 0. The van der Waals surface area contributed by atoms with Crippen LogP contribution in [0.3, 0.4) is 0 Å². The molecule has 1 heterocycles. The molecule has 86 valence electrons. The van der Waals surface area contributed by atoms with Crippen LogP contribution in [0.2, 0.25) is 0 Å². The van der Waals surface area contributed by atoms with E-state index in [4.69, 9.17) is 0 Å². The van der Waals surface area contributed by atoms with E-state index in [1.165, 1.54) is 51.5 Å². The topological polar surface area (TPSA) is 3.24 Å². The zero-order chi connectivity index (χ0) is 10.7. The lowest BCUT2D eigenvalue weighted by atomic mass is 9.83. The van der Waals surface area contributed by atoms with Crippen molar-refractivity contribution in [2.24, 2.45) is 5.92 Å². The van der Waals surface area contributed by atoms with Crippen molar-refractivity contribution in [3.8, 4) is 0 Å². The number of rotatable bonds is 2. The number of hydrogen-bond acceptors (Lipinski definition) is 1. The summed E-state index contributed by atoms with van der Waals surface area (Å²) in [6, 6.07) is 0.664. The van der Waals surface area contributed by atoms with E-state index < -0.39 is 0 Å². The predicted molar refractivity (Wildman–Crippen MR) is 66.0 cm³/mol. The summed E-state index contributed by atoms with van der Waals surface area (Å²) in [5, 5.41) is 0. The van der Waals surface area contributed by atoms with Crippen LogP contribution in [0, 0.1) is 5.92 Å². The number of nitrogens with zero attached hydrogens (tertiary/aromatic N) is 1. The second-order valence-corrected chi connectivity index (χ2v) is 5.50. The molecule has 1 atom stereocenters. The van der Waals surface area contributed by atoms with Crippen LogP contribution in [0.15, 0.2) is 11.6 Å². The van der Waals surface area contributed by atoms with Crippen molar-refractivity contribution >= 4 is 0 Å². The predicted octanol–water partition coefficient (Wildman–Crippen LogP) is 3.61. The van der Waals surface area contributed by atoms with Gasteiger partial charge in [0, 0.05) is 12.6 Å². The average molecular weight is 207 g/mol. The molecule has 1 heteroatoms. The normalized spacial score (nSPS) is 30.3. The van der Waals surface area contributed by atoms with Gasteiger partial charge in [-0.15, -0.1) is 0 Å². The molecule has 0 bridgehead atoms. The van der Waals surface area contributed by atoms with Crippen molar-refractivity contribution < 1.29 is 0 Å². The highest BCUT2D eigenvalue weighted by molar-refractivity contribution is 5.11. The second kappa shape index (κ2) is 5.16. The Morgan fingerprint density at radius 3 is 2.67 bits per heavy atom. The molecular weight excluding hydrogens is 182 g/mol. The minimum atomic E-state index is 0.664. The second-order valence-electron chi connectivity index (χ2n) is 5.50. The van der Waals surface area contributed by atoms with Crippen LogP contribution in [-0.4, -0.2) is 24.5 Å². The molecule has 2 aliphatic rings. The highest BCUT2D eigenvalue weighted by atomic mass is 15.1. The third kappa shape index (κ3) is 3.07. The Bertz CT molecular complexity index is 225. The van der Waals surface area contributed by atoms with E-state index in [-0.39, 0.29) is 0 Å². The summed E-state index contributed by atoms with van der Waals surface area (Å²) in [4.78, 5) is 2.45. The van der Waals surface area contributed by atoms with Crippen LogP contribution in [0.25, 0.3) is 0 Å². The van der Waals surface area contributed by atoms with Gasteiger partial charge in [0.15, 0.2) is 0 Å². The lowest BCUT2D eigenvalue weighted by Crippen LogP contribution is -2.32. The van der Waals surface area contributed by atoms with Crippen LogP contribution in [0.5, 0.6) is 0 Å². The SMILES string of the molecule is CC1C=C(CC2CCCCC2)CCN1C. The molecule has 0 radical (unpaired) electrons. The highest BCUT2D eigenvalue weighted by Gasteiger charge is 2.19. The maximum Gasteiger partial charge on any atom is 0.0249 e. The van der Waals surface area contributed by atoms with Gasteiger partial charge in [0.1, 0.15) is 0 Å². The Morgan fingerprint density at radius 1 is 1.27 bits per heavy atom. The standard InChI is InChI=1S/C14H25N/c1-12-10-14(8-9-15(12)2)11-13-6-4-3-5-7-13/h10,12-13H,3-9,11H2,1-2H3. The molecule has 15 heavy (non-hydrogen) atoms. The molecule has 0 aromatic heterocycles. The first kappa shape index (κ1) is 11.2. The van der Waals surface area contributed by atoms with Crippen molar-refractivity contribution in [3.63, 3.8) is 0 Å². The minimum absolute atomic E-state index is 0.664. The molecule has 1 nitrogen and oxygen atoms in total. The molecule has 1 saturated carbocycles. The Hall–Kier alpha value is -0.300. The van der Waals surface area contributed by atoms with Gasteiger partial charge in [0.25, 0.3) is 0 Å². The average Bonchev–Trinajstić information content (AvgIpc) is 2.25. The van der Waals surface area contributed by atoms with Crippen LogP contribution < -0.4 is 0 Å². The van der Waals surface area contributed by atoms with E-state index >= 15 is 0 Å². The van der Waals surface area contributed by atoms with Gasteiger partial charge in [-0.3, -0.25) is 4.90 Å². The van der Waals surface area contributed by atoms with Gasteiger partial charge in [0.2, 0.25) is 0 Å². The maximum atomic E-state index is 2.51. The Balaban J connectivity index is 1.85. The molecular formula is C14H25N. The van der Waals surface area contributed by atoms with Crippen LogP contribution in [0.1, 0.15) is 51.9 Å². The molecule has 2 rings (SSSR count). The number of hydrogen-bond donors (Lipinski definition) is 0. The van der Waals surface area contributed by atoms with Gasteiger partial charge in [-0.05, 0) is 32.7 Å². The van der Waals surface area contributed by atoms with Crippen molar-refractivity contribution in [3.05, 3.63) is 11.6 Å². The van der Waals surface area contributed by atoms with E-state index in [0.717, 1.165) is 5.92 Å². The molecule has 1 aliphatic heterocycles. The lowest BCUT2D eigenvalue weighted by Gasteiger charge is -2.31. The Labute approximate surface area is 94.5 Å². The monoisotopic (exact) mass is 207 g/mol. The zero-order valence-corrected chi connectivity index (χ0v) is 10.3. The van der Waals surface area contributed by atoms with E-state index in [2.05, 4.69) is 24.9 Å². The van der Waals surface area contributed by atoms with Gasteiger partial charge < -0.3 is 0 Å². The fraction of sp³-hybridized carbons (Fsp3) is 0.857. The number of likely N-dealkylation sites (N-methyl/N-ethyl adjacent to an activating group) is 1. The Kier molecular flexibility index (Phi) is 3.85. The van der Waals surface area contributed by atoms with Gasteiger partial charge in [-0.1, -0.05) is 43.8 Å². The van der Waals surface area contributed by atoms with Crippen molar-refractivity contribution in [1.29, 1.82) is 0 Å². The fourth-order valence-electron chi connectivity index (χ4n) is 3.01. The smallest absolute Gasteiger partial charge is 0.0249 e. The summed E-state index contributed by atoms with van der Waals surface area (Å²) in [6.07, 6.45) is 12.6. The van der Waals surface area contributed by atoms with Crippen LogP contribution in [-0.2, 0) is 0 Å².